The smallest absolute Gasteiger partial charge is 0.310 e. The maximum atomic E-state index is 11.4. The van der Waals surface area contributed by atoms with Gasteiger partial charge < -0.3 is 9.84 Å². The second-order valence-electron chi connectivity index (χ2n) is 3.32. The first-order chi connectivity index (χ1) is 8.13. The van der Waals surface area contributed by atoms with Crippen LogP contribution in [0.1, 0.15) is 23.6 Å². The second-order valence-corrected chi connectivity index (χ2v) is 4.12. The van der Waals surface area contributed by atoms with Gasteiger partial charge in [0, 0.05) is 4.47 Å². The maximum absolute atomic E-state index is 11.4. The first kappa shape index (κ1) is 13.7. The number of aliphatic hydroxyl groups excluding tert-OH is 1. The van der Waals surface area contributed by atoms with Crippen molar-refractivity contribution in [1.82, 2.24) is 0 Å². The van der Waals surface area contributed by atoms with Crippen LogP contribution in [0.2, 0.25) is 0 Å². The molecule has 0 aromatic heterocycles. The zero-order valence-electron chi connectivity index (χ0n) is 9.36. The number of halogens is 1. The second kappa shape index (κ2) is 6.38. The lowest BCUT2D eigenvalue weighted by atomic mass is 10.0. The molecule has 0 spiro atoms. The van der Waals surface area contributed by atoms with Gasteiger partial charge >= 0.3 is 5.97 Å². The number of nitrogens with zero attached hydrogens (tertiary/aromatic N) is 1. The summed E-state index contributed by atoms with van der Waals surface area (Å²) >= 11 is 3.25. The first-order valence-corrected chi connectivity index (χ1v) is 5.90. The minimum Gasteiger partial charge on any atom is -0.466 e. The molecule has 0 bridgehead atoms. The van der Waals surface area contributed by atoms with Crippen molar-refractivity contribution in [2.75, 3.05) is 6.61 Å². The lowest BCUT2D eigenvalue weighted by Gasteiger charge is -2.08. The van der Waals surface area contributed by atoms with Crippen LogP contribution in [0.4, 0.5) is 0 Å². The Labute approximate surface area is 108 Å². The largest absolute Gasteiger partial charge is 0.466 e. The molecule has 0 heterocycles. The number of benzene rings is 1. The van der Waals surface area contributed by atoms with Crippen molar-refractivity contribution in [2.45, 2.75) is 20.0 Å². The molecule has 0 atom stereocenters. The van der Waals surface area contributed by atoms with Crippen LogP contribution in [-0.2, 0) is 22.6 Å². The van der Waals surface area contributed by atoms with Crippen LogP contribution in [0.25, 0.3) is 0 Å². The van der Waals surface area contributed by atoms with E-state index in [0.717, 1.165) is 0 Å². The minimum atomic E-state index is -0.368. The third-order valence-corrected chi connectivity index (χ3v) is 3.14. The molecule has 1 aromatic carbocycles. The zero-order chi connectivity index (χ0) is 12.8. The number of nitriles is 1. The molecule has 0 amide bonds. The fourth-order valence-corrected chi connectivity index (χ4v) is 2.02. The van der Waals surface area contributed by atoms with Gasteiger partial charge in [0.2, 0.25) is 0 Å². The number of aliphatic hydroxyl groups is 1. The maximum Gasteiger partial charge on any atom is 0.310 e. The van der Waals surface area contributed by atoms with Gasteiger partial charge in [0.25, 0.3) is 0 Å². The Kier molecular flexibility index (Phi) is 5.13. The Morgan fingerprint density at radius 1 is 1.53 bits per heavy atom. The Bertz CT molecular complexity index is 466. The topological polar surface area (TPSA) is 70.3 Å². The van der Waals surface area contributed by atoms with Gasteiger partial charge in [-0.1, -0.05) is 12.1 Å². The number of esters is 1. The van der Waals surface area contributed by atoms with Crippen molar-refractivity contribution in [3.8, 4) is 6.07 Å². The van der Waals surface area contributed by atoms with E-state index in [-0.39, 0.29) is 19.0 Å². The summed E-state index contributed by atoms with van der Waals surface area (Å²) in [6, 6.07) is 5.36. The minimum absolute atomic E-state index is 0.0566. The molecule has 0 fully saturated rings. The predicted molar refractivity (Wildman–Crippen MR) is 65.1 cm³/mol. The van der Waals surface area contributed by atoms with Crippen molar-refractivity contribution >= 4 is 21.9 Å². The van der Waals surface area contributed by atoms with Gasteiger partial charge in [-0.15, -0.1) is 0 Å². The number of hydrogen-bond donors (Lipinski definition) is 1. The molecular formula is C12H12BrNO3. The number of rotatable bonds is 4. The summed E-state index contributed by atoms with van der Waals surface area (Å²) in [5, 5.41) is 18.1. The average Bonchev–Trinajstić information content (AvgIpc) is 2.30. The Hall–Kier alpha value is -1.38. The predicted octanol–water partition coefficient (Wildman–Crippen LogP) is 1.92. The van der Waals surface area contributed by atoms with Gasteiger partial charge in [0.1, 0.15) is 6.07 Å². The molecular weight excluding hydrogens is 286 g/mol. The van der Waals surface area contributed by atoms with E-state index in [2.05, 4.69) is 15.9 Å². The molecule has 0 radical (unpaired) electrons. The summed E-state index contributed by atoms with van der Waals surface area (Å²) in [7, 11) is 0. The highest BCUT2D eigenvalue weighted by molar-refractivity contribution is 9.10. The molecule has 1 N–H and O–H groups in total. The van der Waals surface area contributed by atoms with Gasteiger partial charge in [0.05, 0.1) is 25.2 Å². The third kappa shape index (κ3) is 3.29. The first-order valence-electron chi connectivity index (χ1n) is 5.10. The highest BCUT2D eigenvalue weighted by atomic mass is 79.9. The van der Waals surface area contributed by atoms with Crippen molar-refractivity contribution in [2.24, 2.45) is 0 Å². The monoisotopic (exact) mass is 297 g/mol. The van der Waals surface area contributed by atoms with Crippen LogP contribution in [-0.4, -0.2) is 17.7 Å². The van der Waals surface area contributed by atoms with Gasteiger partial charge in [-0.25, -0.2) is 0 Å². The van der Waals surface area contributed by atoms with E-state index in [1.165, 1.54) is 0 Å². The molecule has 5 heteroatoms. The molecule has 1 rings (SSSR count). The Morgan fingerprint density at radius 3 is 2.71 bits per heavy atom. The molecule has 0 aliphatic rings. The zero-order valence-corrected chi connectivity index (χ0v) is 11.0. The summed E-state index contributed by atoms with van der Waals surface area (Å²) < 4.78 is 5.36. The summed E-state index contributed by atoms with van der Waals surface area (Å²) in [5.41, 5.74) is 1.58. The van der Waals surface area contributed by atoms with E-state index in [1.54, 1.807) is 19.1 Å². The lowest BCUT2D eigenvalue weighted by molar-refractivity contribution is -0.142. The van der Waals surface area contributed by atoms with Crippen LogP contribution < -0.4 is 0 Å². The SMILES string of the molecule is CCOC(=O)Cc1ccc(CO)c(Br)c1C#N. The molecule has 90 valence electrons. The van der Waals surface area contributed by atoms with E-state index < -0.39 is 0 Å². The molecule has 0 aliphatic heterocycles. The number of carbonyl (C=O) groups is 1. The average molecular weight is 298 g/mol. The van der Waals surface area contributed by atoms with E-state index in [9.17, 15) is 4.79 Å². The Balaban J connectivity index is 3.06. The standard InChI is InChI=1S/C12H12BrNO3/c1-2-17-11(16)5-8-3-4-9(7-15)12(13)10(8)6-14/h3-4,15H,2,5,7H2,1H3. The summed E-state index contributed by atoms with van der Waals surface area (Å²) in [6.07, 6.45) is 0.0566. The molecule has 0 aliphatic carbocycles. The van der Waals surface area contributed by atoms with Crippen LogP contribution in [0.5, 0.6) is 0 Å². The molecule has 1 aromatic rings. The van der Waals surface area contributed by atoms with Crippen LogP contribution >= 0.6 is 15.9 Å². The summed E-state index contributed by atoms with van der Waals surface area (Å²) in [4.78, 5) is 11.4. The molecule has 0 unspecified atom stereocenters. The number of ether oxygens (including phenoxy) is 1. The van der Waals surface area contributed by atoms with Crippen molar-refractivity contribution in [3.05, 3.63) is 33.3 Å². The number of carbonyl (C=O) groups excluding carboxylic acids is 1. The van der Waals surface area contributed by atoms with Crippen molar-refractivity contribution in [3.63, 3.8) is 0 Å². The molecule has 4 nitrogen and oxygen atoms in total. The Morgan fingerprint density at radius 2 is 2.18 bits per heavy atom. The van der Waals surface area contributed by atoms with Crippen molar-refractivity contribution in [1.29, 1.82) is 5.26 Å². The van der Waals surface area contributed by atoms with Gasteiger partial charge in [-0.2, -0.15) is 5.26 Å². The highest BCUT2D eigenvalue weighted by Crippen LogP contribution is 2.25. The summed E-state index contributed by atoms with van der Waals surface area (Å²) in [6.45, 7) is 1.89. The molecule has 0 saturated carbocycles. The number of hydrogen-bond acceptors (Lipinski definition) is 4. The quantitative estimate of drug-likeness (QED) is 0.862. The van der Waals surface area contributed by atoms with E-state index in [0.29, 0.717) is 27.8 Å². The highest BCUT2D eigenvalue weighted by Gasteiger charge is 2.13. The summed E-state index contributed by atoms with van der Waals surface area (Å²) in [5.74, 6) is -0.368. The third-order valence-electron chi connectivity index (χ3n) is 2.23. The van der Waals surface area contributed by atoms with E-state index in [1.807, 2.05) is 6.07 Å². The van der Waals surface area contributed by atoms with Crippen molar-refractivity contribution < 1.29 is 14.6 Å². The normalized spacial score (nSPS) is 9.76. The lowest BCUT2D eigenvalue weighted by Crippen LogP contribution is -2.09. The van der Waals surface area contributed by atoms with Crippen LogP contribution in [0.3, 0.4) is 0 Å². The fraction of sp³-hybridized carbons (Fsp3) is 0.333. The van der Waals surface area contributed by atoms with E-state index >= 15 is 0 Å². The van der Waals surface area contributed by atoms with Gasteiger partial charge in [-0.3, -0.25) is 4.79 Å². The van der Waals surface area contributed by atoms with Gasteiger partial charge in [-0.05, 0) is 34.0 Å². The van der Waals surface area contributed by atoms with Crippen LogP contribution in [0.15, 0.2) is 16.6 Å². The molecule has 17 heavy (non-hydrogen) atoms. The van der Waals surface area contributed by atoms with Gasteiger partial charge in [0.15, 0.2) is 0 Å². The van der Waals surface area contributed by atoms with Crippen LogP contribution in [0, 0.1) is 11.3 Å². The molecule has 0 saturated heterocycles. The fourth-order valence-electron chi connectivity index (χ4n) is 1.42. The van der Waals surface area contributed by atoms with E-state index in [4.69, 9.17) is 15.1 Å².